The number of benzene rings is 1. The molecule has 0 spiro atoms. The van der Waals surface area contributed by atoms with Gasteiger partial charge in [-0.1, -0.05) is 0 Å². The maximum atomic E-state index is 12.7. The zero-order valence-corrected chi connectivity index (χ0v) is 18.6. The van der Waals surface area contributed by atoms with Crippen LogP contribution in [-0.4, -0.2) is 44.2 Å². The van der Waals surface area contributed by atoms with Gasteiger partial charge in [0.15, 0.2) is 5.82 Å². The standard InChI is InChI=1S/C22H24F3N7O3/c23-22(24,25)35-17-7-5-16(6-8-17)28-21(34)30-18-14-31(13-15-3-4-15)19(29-18)20(33)26-9-1-11-32-12-2-10-27-32/h2,5-8,10,12,14-15H,1,3-4,9,11,13H2,(H,26,33)(H2,28,30,34). The number of alkyl halides is 3. The molecule has 1 fully saturated rings. The number of aromatic nitrogens is 4. The zero-order chi connectivity index (χ0) is 24.8. The third-order valence-corrected chi connectivity index (χ3v) is 5.13. The first-order chi connectivity index (χ1) is 16.7. The van der Waals surface area contributed by atoms with Gasteiger partial charge in [-0.2, -0.15) is 5.10 Å². The number of ether oxygens (including phenoxy) is 1. The van der Waals surface area contributed by atoms with E-state index in [1.807, 2.05) is 12.3 Å². The number of carbonyl (C=O) groups excluding carboxylic acids is 2. The van der Waals surface area contributed by atoms with Crippen LogP contribution in [0.3, 0.4) is 0 Å². The maximum Gasteiger partial charge on any atom is 0.573 e. The molecule has 35 heavy (non-hydrogen) atoms. The number of hydrogen-bond acceptors (Lipinski definition) is 5. The number of carbonyl (C=O) groups is 2. The fourth-order valence-corrected chi connectivity index (χ4v) is 3.35. The van der Waals surface area contributed by atoms with Gasteiger partial charge in [-0.05, 0) is 55.5 Å². The highest BCUT2D eigenvalue weighted by atomic mass is 19.4. The van der Waals surface area contributed by atoms with Crippen molar-refractivity contribution in [1.82, 2.24) is 24.6 Å². The number of urea groups is 1. The number of nitrogens with one attached hydrogen (secondary N) is 3. The summed E-state index contributed by atoms with van der Waals surface area (Å²) in [6.07, 6.45) is 3.16. The molecule has 1 aliphatic rings. The summed E-state index contributed by atoms with van der Waals surface area (Å²) in [4.78, 5) is 29.3. The monoisotopic (exact) mass is 491 g/mol. The number of anilines is 2. The summed E-state index contributed by atoms with van der Waals surface area (Å²) in [5, 5.41) is 12.0. The number of halogens is 3. The van der Waals surface area contributed by atoms with Crippen LogP contribution in [0.4, 0.5) is 29.5 Å². The van der Waals surface area contributed by atoms with Gasteiger partial charge in [0.2, 0.25) is 5.82 Å². The van der Waals surface area contributed by atoms with E-state index in [4.69, 9.17) is 0 Å². The smallest absolute Gasteiger partial charge is 0.406 e. The number of aryl methyl sites for hydroxylation is 1. The first kappa shape index (κ1) is 24.1. The van der Waals surface area contributed by atoms with Crippen molar-refractivity contribution in [2.24, 2.45) is 5.92 Å². The minimum Gasteiger partial charge on any atom is -0.406 e. The Bertz CT molecular complexity index is 1140. The number of amides is 3. The molecule has 10 nitrogen and oxygen atoms in total. The molecular formula is C22H24F3N7O3. The SMILES string of the molecule is O=C(Nc1ccc(OC(F)(F)F)cc1)Nc1cn(CC2CC2)c(C(=O)NCCCn2cccn2)n1. The lowest BCUT2D eigenvalue weighted by atomic mass is 10.3. The van der Waals surface area contributed by atoms with Gasteiger partial charge in [0, 0.05) is 43.9 Å². The van der Waals surface area contributed by atoms with Crippen LogP contribution in [0.2, 0.25) is 0 Å². The summed E-state index contributed by atoms with van der Waals surface area (Å²) in [7, 11) is 0. The second-order valence-corrected chi connectivity index (χ2v) is 8.08. The molecule has 186 valence electrons. The Kier molecular flexibility index (Phi) is 7.22. The van der Waals surface area contributed by atoms with Gasteiger partial charge < -0.3 is 19.9 Å². The fraction of sp³-hybridized carbons (Fsp3) is 0.364. The second-order valence-electron chi connectivity index (χ2n) is 8.08. The highest BCUT2D eigenvalue weighted by Crippen LogP contribution is 2.31. The minimum atomic E-state index is -4.80. The Morgan fingerprint density at radius 1 is 1.14 bits per heavy atom. The topological polar surface area (TPSA) is 115 Å². The van der Waals surface area contributed by atoms with E-state index in [9.17, 15) is 22.8 Å². The summed E-state index contributed by atoms with van der Waals surface area (Å²) < 4.78 is 44.1. The Hall–Kier alpha value is -4.03. The summed E-state index contributed by atoms with van der Waals surface area (Å²) in [5.41, 5.74) is 0.254. The van der Waals surface area contributed by atoms with Crippen molar-refractivity contribution in [3.05, 3.63) is 54.7 Å². The van der Waals surface area contributed by atoms with Crippen molar-refractivity contribution in [2.75, 3.05) is 17.2 Å². The van der Waals surface area contributed by atoms with Crippen molar-refractivity contribution in [3.63, 3.8) is 0 Å². The molecule has 13 heteroatoms. The van der Waals surface area contributed by atoms with Crippen LogP contribution in [0.25, 0.3) is 0 Å². The van der Waals surface area contributed by atoms with E-state index in [0.717, 1.165) is 25.0 Å². The molecule has 0 atom stereocenters. The lowest BCUT2D eigenvalue weighted by Crippen LogP contribution is -2.28. The fourth-order valence-electron chi connectivity index (χ4n) is 3.35. The summed E-state index contributed by atoms with van der Waals surface area (Å²) >= 11 is 0. The summed E-state index contributed by atoms with van der Waals surface area (Å²) in [6, 6.07) is 5.89. The highest BCUT2D eigenvalue weighted by molar-refractivity contribution is 5.99. The lowest BCUT2D eigenvalue weighted by Gasteiger charge is -2.10. The normalized spacial score (nSPS) is 13.3. The lowest BCUT2D eigenvalue weighted by molar-refractivity contribution is -0.274. The molecule has 3 aromatic rings. The van der Waals surface area contributed by atoms with Crippen molar-refractivity contribution in [2.45, 2.75) is 38.7 Å². The van der Waals surface area contributed by atoms with E-state index in [2.05, 4.69) is 30.8 Å². The van der Waals surface area contributed by atoms with Crippen LogP contribution in [0.15, 0.2) is 48.9 Å². The van der Waals surface area contributed by atoms with E-state index in [1.165, 1.54) is 12.1 Å². The molecule has 0 saturated heterocycles. The molecule has 0 radical (unpaired) electrons. The minimum absolute atomic E-state index is 0.182. The van der Waals surface area contributed by atoms with Crippen molar-refractivity contribution < 1.29 is 27.5 Å². The molecule has 4 rings (SSSR count). The van der Waals surface area contributed by atoms with Crippen LogP contribution in [0.5, 0.6) is 5.75 Å². The Morgan fingerprint density at radius 3 is 2.57 bits per heavy atom. The van der Waals surface area contributed by atoms with E-state index in [1.54, 1.807) is 21.6 Å². The molecule has 1 saturated carbocycles. The zero-order valence-electron chi connectivity index (χ0n) is 18.6. The Morgan fingerprint density at radius 2 is 1.91 bits per heavy atom. The predicted octanol–water partition coefficient (Wildman–Crippen LogP) is 3.85. The number of nitrogens with zero attached hydrogens (tertiary/aromatic N) is 4. The molecule has 2 heterocycles. The first-order valence-corrected chi connectivity index (χ1v) is 11.0. The van der Waals surface area contributed by atoms with Gasteiger partial charge in [0.05, 0.1) is 0 Å². The number of imidazole rings is 1. The van der Waals surface area contributed by atoms with Crippen LogP contribution in [0.1, 0.15) is 29.9 Å². The van der Waals surface area contributed by atoms with Crippen LogP contribution < -0.4 is 20.7 Å². The molecule has 2 aromatic heterocycles. The quantitative estimate of drug-likeness (QED) is 0.373. The average molecular weight is 491 g/mol. The first-order valence-electron chi connectivity index (χ1n) is 11.0. The summed E-state index contributed by atoms with van der Waals surface area (Å²) in [5.74, 6) is 0.0962. The molecule has 0 aliphatic heterocycles. The molecule has 0 unspecified atom stereocenters. The van der Waals surface area contributed by atoms with Crippen LogP contribution in [-0.2, 0) is 13.1 Å². The van der Waals surface area contributed by atoms with Gasteiger partial charge in [0.25, 0.3) is 5.91 Å². The molecule has 1 aromatic carbocycles. The van der Waals surface area contributed by atoms with Gasteiger partial charge in [-0.25, -0.2) is 9.78 Å². The molecule has 3 N–H and O–H groups in total. The maximum absolute atomic E-state index is 12.7. The van der Waals surface area contributed by atoms with E-state index in [0.29, 0.717) is 32.0 Å². The predicted molar refractivity (Wildman–Crippen MR) is 120 cm³/mol. The van der Waals surface area contributed by atoms with Gasteiger partial charge in [0.1, 0.15) is 5.75 Å². The second kappa shape index (κ2) is 10.5. The number of hydrogen-bond donors (Lipinski definition) is 3. The van der Waals surface area contributed by atoms with Crippen molar-refractivity contribution >= 4 is 23.4 Å². The van der Waals surface area contributed by atoms with Crippen LogP contribution in [0, 0.1) is 5.92 Å². The van der Waals surface area contributed by atoms with Crippen molar-refractivity contribution in [3.8, 4) is 5.75 Å². The van der Waals surface area contributed by atoms with Crippen molar-refractivity contribution in [1.29, 1.82) is 0 Å². The van der Waals surface area contributed by atoms with Crippen LogP contribution >= 0.6 is 0 Å². The molecule has 1 aliphatic carbocycles. The number of rotatable bonds is 10. The third kappa shape index (κ3) is 7.48. The highest BCUT2D eigenvalue weighted by Gasteiger charge is 2.31. The van der Waals surface area contributed by atoms with Gasteiger partial charge in [-0.15, -0.1) is 13.2 Å². The van der Waals surface area contributed by atoms with Gasteiger partial charge >= 0.3 is 12.4 Å². The van der Waals surface area contributed by atoms with Gasteiger partial charge in [-0.3, -0.25) is 14.8 Å². The largest absolute Gasteiger partial charge is 0.573 e. The summed E-state index contributed by atoms with van der Waals surface area (Å²) in [6.45, 7) is 1.72. The Balaban J connectivity index is 1.33. The third-order valence-electron chi connectivity index (χ3n) is 5.13. The van der Waals surface area contributed by atoms with E-state index >= 15 is 0 Å². The van der Waals surface area contributed by atoms with E-state index < -0.39 is 18.1 Å². The van der Waals surface area contributed by atoms with E-state index in [-0.39, 0.29) is 23.2 Å². The molecule has 3 amide bonds. The molecule has 0 bridgehead atoms. The average Bonchev–Trinajstić information content (AvgIpc) is 3.28. The molecular weight excluding hydrogens is 467 g/mol. The Labute approximate surface area is 198 Å².